The van der Waals surface area contributed by atoms with Crippen LogP contribution < -0.4 is 0 Å². The van der Waals surface area contributed by atoms with E-state index in [4.69, 9.17) is 4.74 Å². The zero-order valence-corrected chi connectivity index (χ0v) is 12.7. The van der Waals surface area contributed by atoms with Crippen molar-refractivity contribution in [2.24, 2.45) is 0 Å². The van der Waals surface area contributed by atoms with Gasteiger partial charge in [-0.2, -0.15) is 0 Å². The summed E-state index contributed by atoms with van der Waals surface area (Å²) in [6.45, 7) is 5.99. The number of hydrogen-bond donors (Lipinski definition) is 0. The molecule has 0 unspecified atom stereocenters. The van der Waals surface area contributed by atoms with E-state index in [0.29, 0.717) is 6.54 Å². The van der Waals surface area contributed by atoms with Gasteiger partial charge in [0.15, 0.2) is 0 Å². The van der Waals surface area contributed by atoms with Crippen molar-refractivity contribution in [1.29, 1.82) is 0 Å². The Hall–Kier alpha value is -1.84. The van der Waals surface area contributed by atoms with E-state index in [1.165, 1.54) is 0 Å². The summed E-state index contributed by atoms with van der Waals surface area (Å²) >= 11 is 0. The molecule has 0 spiro atoms. The van der Waals surface area contributed by atoms with Gasteiger partial charge in [0, 0.05) is 20.0 Å². The number of hydrogen-bond acceptors (Lipinski definition) is 3. The average molecular weight is 277 g/mol. The predicted octanol–water partition coefficient (Wildman–Crippen LogP) is 2.77. The van der Waals surface area contributed by atoms with Crippen LogP contribution in [0.5, 0.6) is 0 Å². The zero-order valence-electron chi connectivity index (χ0n) is 12.7. The molecule has 110 valence electrons. The third-order valence-corrected chi connectivity index (χ3v) is 2.65. The van der Waals surface area contributed by atoms with Gasteiger partial charge in [0.25, 0.3) is 0 Å². The van der Waals surface area contributed by atoms with Crippen LogP contribution in [0.2, 0.25) is 0 Å². The highest BCUT2D eigenvalue weighted by atomic mass is 16.6. The van der Waals surface area contributed by atoms with Crippen LogP contribution in [-0.2, 0) is 20.9 Å². The lowest BCUT2D eigenvalue weighted by Crippen LogP contribution is -2.28. The Morgan fingerprint density at radius 1 is 1.10 bits per heavy atom. The van der Waals surface area contributed by atoms with Gasteiger partial charge >= 0.3 is 5.97 Å². The van der Waals surface area contributed by atoms with E-state index in [2.05, 4.69) is 0 Å². The Balaban J connectivity index is 2.37. The molecular weight excluding hydrogens is 254 g/mol. The summed E-state index contributed by atoms with van der Waals surface area (Å²) in [5.41, 5.74) is 0.566. The molecule has 0 aromatic heterocycles. The molecule has 0 N–H and O–H groups in total. The third kappa shape index (κ3) is 6.36. The van der Waals surface area contributed by atoms with Crippen molar-refractivity contribution in [2.45, 2.75) is 45.8 Å². The second-order valence-corrected chi connectivity index (χ2v) is 5.82. The fourth-order valence-electron chi connectivity index (χ4n) is 1.74. The minimum absolute atomic E-state index is 0.0558. The predicted molar refractivity (Wildman–Crippen MR) is 78.0 cm³/mol. The van der Waals surface area contributed by atoms with Gasteiger partial charge in [-0.15, -0.1) is 0 Å². The molecule has 0 bridgehead atoms. The Kier molecular flexibility index (Phi) is 5.74. The van der Waals surface area contributed by atoms with Gasteiger partial charge < -0.3 is 9.64 Å². The van der Waals surface area contributed by atoms with Crippen LogP contribution in [0.25, 0.3) is 0 Å². The van der Waals surface area contributed by atoms with Gasteiger partial charge in [0.1, 0.15) is 5.60 Å². The van der Waals surface area contributed by atoms with Crippen LogP contribution >= 0.6 is 0 Å². The summed E-state index contributed by atoms with van der Waals surface area (Å²) in [5, 5.41) is 0. The SMILES string of the molecule is CN(Cc1ccccc1)C(=O)CCC(=O)OC(C)(C)C. The molecule has 1 aromatic carbocycles. The maximum absolute atomic E-state index is 11.9. The molecule has 0 fully saturated rings. The van der Waals surface area contributed by atoms with Gasteiger partial charge in [-0.25, -0.2) is 0 Å². The molecule has 0 radical (unpaired) electrons. The largest absolute Gasteiger partial charge is 0.460 e. The number of esters is 1. The first-order valence-corrected chi connectivity index (χ1v) is 6.77. The highest BCUT2D eigenvalue weighted by Crippen LogP contribution is 2.10. The molecule has 0 saturated heterocycles. The van der Waals surface area contributed by atoms with Crippen LogP contribution in [0.1, 0.15) is 39.2 Å². The summed E-state index contributed by atoms with van der Waals surface area (Å²) in [4.78, 5) is 25.1. The summed E-state index contributed by atoms with van der Waals surface area (Å²) in [7, 11) is 1.74. The van der Waals surface area contributed by atoms with Crippen molar-refractivity contribution < 1.29 is 14.3 Å². The normalized spacial score (nSPS) is 11.0. The van der Waals surface area contributed by atoms with Gasteiger partial charge in [-0.3, -0.25) is 9.59 Å². The highest BCUT2D eigenvalue weighted by Gasteiger charge is 2.18. The van der Waals surface area contributed by atoms with Crippen LogP contribution in [0.4, 0.5) is 0 Å². The fourth-order valence-corrected chi connectivity index (χ4v) is 1.74. The van der Waals surface area contributed by atoms with E-state index in [-0.39, 0.29) is 24.7 Å². The molecule has 0 aliphatic carbocycles. The van der Waals surface area contributed by atoms with Crippen LogP contribution in [-0.4, -0.2) is 29.4 Å². The number of rotatable bonds is 5. The topological polar surface area (TPSA) is 46.6 Å². The smallest absolute Gasteiger partial charge is 0.306 e. The van der Waals surface area contributed by atoms with Crippen LogP contribution in [0.15, 0.2) is 30.3 Å². The lowest BCUT2D eigenvalue weighted by atomic mass is 10.2. The molecule has 4 heteroatoms. The van der Waals surface area contributed by atoms with Crippen molar-refractivity contribution in [3.63, 3.8) is 0 Å². The minimum atomic E-state index is -0.504. The summed E-state index contributed by atoms with van der Waals surface area (Å²) in [5.74, 6) is -0.390. The van der Waals surface area contributed by atoms with Crippen LogP contribution in [0.3, 0.4) is 0 Å². The third-order valence-electron chi connectivity index (χ3n) is 2.65. The highest BCUT2D eigenvalue weighted by molar-refractivity contribution is 5.81. The zero-order chi connectivity index (χ0) is 15.2. The molecule has 0 saturated carbocycles. The molecule has 0 aliphatic heterocycles. The van der Waals surface area contributed by atoms with Crippen molar-refractivity contribution in [3.8, 4) is 0 Å². The quantitative estimate of drug-likeness (QED) is 0.777. The number of amides is 1. The first-order valence-electron chi connectivity index (χ1n) is 6.77. The van der Waals surface area contributed by atoms with E-state index in [1.54, 1.807) is 11.9 Å². The second-order valence-electron chi connectivity index (χ2n) is 5.82. The first kappa shape index (κ1) is 16.2. The summed E-state index contributed by atoms with van der Waals surface area (Å²) < 4.78 is 5.18. The van der Waals surface area contributed by atoms with Gasteiger partial charge in [0.05, 0.1) is 6.42 Å². The van der Waals surface area contributed by atoms with E-state index < -0.39 is 5.60 Å². The van der Waals surface area contributed by atoms with E-state index >= 15 is 0 Å². The van der Waals surface area contributed by atoms with Gasteiger partial charge in [-0.1, -0.05) is 30.3 Å². The summed E-state index contributed by atoms with van der Waals surface area (Å²) in [6, 6.07) is 9.76. The standard InChI is InChI=1S/C16H23NO3/c1-16(2,3)20-15(19)11-10-14(18)17(4)12-13-8-6-5-7-9-13/h5-9H,10-12H2,1-4H3. The van der Waals surface area contributed by atoms with Crippen molar-refractivity contribution in [1.82, 2.24) is 4.90 Å². The van der Waals surface area contributed by atoms with Gasteiger partial charge in [0.2, 0.25) is 5.91 Å². The Labute approximate surface area is 120 Å². The number of benzene rings is 1. The molecule has 1 amide bonds. The maximum atomic E-state index is 11.9. The number of carbonyl (C=O) groups is 2. The lowest BCUT2D eigenvalue weighted by Gasteiger charge is -2.20. The minimum Gasteiger partial charge on any atom is -0.460 e. The van der Waals surface area contributed by atoms with Gasteiger partial charge in [-0.05, 0) is 26.3 Å². The van der Waals surface area contributed by atoms with Crippen LogP contribution in [0, 0.1) is 0 Å². The number of carbonyl (C=O) groups excluding carboxylic acids is 2. The lowest BCUT2D eigenvalue weighted by molar-refractivity contribution is -0.156. The first-order chi connectivity index (χ1) is 9.28. The molecule has 4 nitrogen and oxygen atoms in total. The fraction of sp³-hybridized carbons (Fsp3) is 0.500. The van der Waals surface area contributed by atoms with Crippen molar-refractivity contribution in [3.05, 3.63) is 35.9 Å². The van der Waals surface area contributed by atoms with Crippen molar-refractivity contribution in [2.75, 3.05) is 7.05 Å². The van der Waals surface area contributed by atoms with E-state index in [1.807, 2.05) is 51.1 Å². The Bertz CT molecular complexity index is 449. The monoisotopic (exact) mass is 277 g/mol. The molecule has 1 aromatic rings. The van der Waals surface area contributed by atoms with E-state index in [0.717, 1.165) is 5.56 Å². The molecule has 20 heavy (non-hydrogen) atoms. The second kappa shape index (κ2) is 7.08. The summed E-state index contributed by atoms with van der Waals surface area (Å²) in [6.07, 6.45) is 0.299. The molecule has 1 rings (SSSR count). The maximum Gasteiger partial charge on any atom is 0.306 e. The number of nitrogens with zero attached hydrogens (tertiary/aromatic N) is 1. The van der Waals surface area contributed by atoms with E-state index in [9.17, 15) is 9.59 Å². The number of ether oxygens (including phenoxy) is 1. The Morgan fingerprint density at radius 2 is 1.70 bits per heavy atom. The molecule has 0 heterocycles. The Morgan fingerprint density at radius 3 is 2.25 bits per heavy atom. The molecular formula is C16H23NO3. The molecule has 0 aliphatic rings. The average Bonchev–Trinajstić information content (AvgIpc) is 2.35. The van der Waals surface area contributed by atoms with Crippen molar-refractivity contribution >= 4 is 11.9 Å². The molecule has 0 atom stereocenters.